The van der Waals surface area contributed by atoms with E-state index in [2.05, 4.69) is 4.98 Å². The Morgan fingerprint density at radius 1 is 1.19 bits per heavy atom. The van der Waals surface area contributed by atoms with Crippen molar-refractivity contribution in [3.05, 3.63) is 54.1 Å². The summed E-state index contributed by atoms with van der Waals surface area (Å²) >= 11 is 0. The van der Waals surface area contributed by atoms with Gasteiger partial charge in [-0.3, -0.25) is 4.98 Å². The highest BCUT2D eigenvalue weighted by atomic mass is 19.1. The number of halogens is 1. The molecule has 0 aliphatic carbocycles. The van der Waals surface area contributed by atoms with Gasteiger partial charge in [-0.15, -0.1) is 0 Å². The molecule has 0 unspecified atom stereocenters. The Morgan fingerprint density at radius 2 is 1.94 bits per heavy atom. The van der Waals surface area contributed by atoms with E-state index in [-0.39, 0.29) is 11.3 Å². The van der Waals surface area contributed by atoms with E-state index in [1.807, 2.05) is 6.07 Å². The van der Waals surface area contributed by atoms with Crippen molar-refractivity contribution in [1.29, 1.82) is 5.26 Å². The van der Waals surface area contributed by atoms with Gasteiger partial charge in [-0.25, -0.2) is 4.39 Å². The summed E-state index contributed by atoms with van der Waals surface area (Å²) in [5.41, 5.74) is -0.140. The van der Waals surface area contributed by atoms with E-state index in [4.69, 9.17) is 10.00 Å². The zero-order chi connectivity index (χ0) is 11.4. The molecule has 0 radical (unpaired) electrons. The van der Waals surface area contributed by atoms with E-state index in [1.165, 1.54) is 6.20 Å². The molecule has 2 rings (SSSR count). The molecule has 0 saturated carbocycles. The van der Waals surface area contributed by atoms with Crippen LogP contribution in [0, 0.1) is 17.1 Å². The Bertz CT molecular complexity index is 534. The molecule has 16 heavy (non-hydrogen) atoms. The first-order valence-corrected chi connectivity index (χ1v) is 4.58. The summed E-state index contributed by atoms with van der Waals surface area (Å²) in [6.07, 6.45) is 2.30. The molecule has 0 atom stereocenters. The Morgan fingerprint density at radius 3 is 2.62 bits per heavy atom. The van der Waals surface area contributed by atoms with Crippen LogP contribution in [0.1, 0.15) is 5.56 Å². The number of benzene rings is 1. The standard InChI is InChI=1S/C12H7FN2O/c13-11-7-15-8-12(10(11)6-14)16-9-4-2-1-3-5-9/h1-5,7-8H. The van der Waals surface area contributed by atoms with Crippen LogP contribution in [-0.4, -0.2) is 4.98 Å². The molecule has 78 valence electrons. The van der Waals surface area contributed by atoms with Gasteiger partial charge >= 0.3 is 0 Å². The largest absolute Gasteiger partial charge is 0.454 e. The highest BCUT2D eigenvalue weighted by Gasteiger charge is 2.10. The summed E-state index contributed by atoms with van der Waals surface area (Å²) in [5, 5.41) is 8.78. The van der Waals surface area contributed by atoms with Crippen LogP contribution in [0.25, 0.3) is 0 Å². The van der Waals surface area contributed by atoms with Crippen molar-refractivity contribution in [2.24, 2.45) is 0 Å². The molecule has 0 aliphatic heterocycles. The SMILES string of the molecule is N#Cc1c(F)cncc1Oc1ccccc1. The Balaban J connectivity index is 2.36. The maximum absolute atomic E-state index is 13.2. The van der Waals surface area contributed by atoms with Crippen molar-refractivity contribution in [2.75, 3.05) is 0 Å². The molecule has 1 heterocycles. The summed E-state index contributed by atoms with van der Waals surface area (Å²) in [5.74, 6) is -0.0315. The molecule has 1 aromatic carbocycles. The second-order valence-electron chi connectivity index (χ2n) is 3.02. The van der Waals surface area contributed by atoms with Crippen LogP contribution >= 0.6 is 0 Å². The summed E-state index contributed by atoms with van der Waals surface area (Å²) in [6.45, 7) is 0. The fourth-order valence-electron chi connectivity index (χ4n) is 1.22. The number of nitrogens with zero attached hydrogens (tertiary/aromatic N) is 2. The predicted octanol–water partition coefficient (Wildman–Crippen LogP) is 2.88. The van der Waals surface area contributed by atoms with Gasteiger partial charge in [-0.05, 0) is 12.1 Å². The molecule has 0 bridgehead atoms. The average Bonchev–Trinajstić information content (AvgIpc) is 2.31. The Labute approximate surface area is 91.7 Å². The number of hydrogen-bond donors (Lipinski definition) is 0. The number of hydrogen-bond acceptors (Lipinski definition) is 3. The topological polar surface area (TPSA) is 45.9 Å². The first kappa shape index (κ1) is 10.1. The van der Waals surface area contributed by atoms with Gasteiger partial charge in [0.05, 0.1) is 12.4 Å². The highest BCUT2D eigenvalue weighted by molar-refractivity contribution is 5.43. The van der Waals surface area contributed by atoms with E-state index in [9.17, 15) is 4.39 Å². The quantitative estimate of drug-likeness (QED) is 0.772. The van der Waals surface area contributed by atoms with E-state index in [0.717, 1.165) is 6.20 Å². The summed E-state index contributed by atoms with van der Waals surface area (Å²) in [6, 6.07) is 10.6. The first-order valence-electron chi connectivity index (χ1n) is 4.58. The second kappa shape index (κ2) is 4.41. The van der Waals surface area contributed by atoms with Gasteiger partial charge in [0.25, 0.3) is 0 Å². The maximum atomic E-state index is 13.2. The number of ether oxygens (including phenoxy) is 1. The number of para-hydroxylation sites is 1. The lowest BCUT2D eigenvalue weighted by molar-refractivity contribution is 0.471. The van der Waals surface area contributed by atoms with Gasteiger partial charge in [-0.1, -0.05) is 18.2 Å². The van der Waals surface area contributed by atoms with Crippen molar-refractivity contribution in [2.45, 2.75) is 0 Å². The third kappa shape index (κ3) is 1.98. The van der Waals surface area contributed by atoms with Crippen molar-refractivity contribution in [3.8, 4) is 17.6 Å². The average molecular weight is 214 g/mol. The third-order valence-corrected chi connectivity index (χ3v) is 1.95. The number of nitriles is 1. The van der Waals surface area contributed by atoms with Crippen LogP contribution < -0.4 is 4.74 Å². The van der Waals surface area contributed by atoms with Crippen LogP contribution in [0.2, 0.25) is 0 Å². The molecule has 2 aromatic rings. The zero-order valence-electron chi connectivity index (χ0n) is 8.22. The van der Waals surface area contributed by atoms with Crippen molar-refractivity contribution in [1.82, 2.24) is 4.98 Å². The molecular weight excluding hydrogens is 207 g/mol. The van der Waals surface area contributed by atoms with Crippen LogP contribution in [-0.2, 0) is 0 Å². The molecule has 1 aromatic heterocycles. The number of pyridine rings is 1. The monoisotopic (exact) mass is 214 g/mol. The normalized spacial score (nSPS) is 9.50. The van der Waals surface area contributed by atoms with Crippen molar-refractivity contribution >= 4 is 0 Å². The summed E-state index contributed by atoms with van der Waals surface area (Å²) in [7, 11) is 0. The van der Waals surface area contributed by atoms with Crippen LogP contribution in [0.3, 0.4) is 0 Å². The highest BCUT2D eigenvalue weighted by Crippen LogP contribution is 2.25. The molecule has 0 fully saturated rings. The van der Waals surface area contributed by atoms with Gasteiger partial charge < -0.3 is 4.74 Å². The number of aromatic nitrogens is 1. The molecule has 0 amide bonds. The van der Waals surface area contributed by atoms with Crippen LogP contribution in [0.4, 0.5) is 4.39 Å². The van der Waals surface area contributed by atoms with E-state index in [1.54, 1.807) is 30.3 Å². The van der Waals surface area contributed by atoms with Gasteiger partial charge in [0.1, 0.15) is 17.4 Å². The van der Waals surface area contributed by atoms with E-state index >= 15 is 0 Å². The first-order chi connectivity index (χ1) is 7.81. The zero-order valence-corrected chi connectivity index (χ0v) is 8.22. The Hall–Kier alpha value is -2.41. The van der Waals surface area contributed by atoms with E-state index < -0.39 is 5.82 Å². The predicted molar refractivity (Wildman–Crippen MR) is 55.4 cm³/mol. The maximum Gasteiger partial charge on any atom is 0.166 e. The fourth-order valence-corrected chi connectivity index (χ4v) is 1.22. The van der Waals surface area contributed by atoms with Crippen molar-refractivity contribution in [3.63, 3.8) is 0 Å². The van der Waals surface area contributed by atoms with E-state index in [0.29, 0.717) is 5.75 Å². The lowest BCUT2D eigenvalue weighted by Gasteiger charge is -2.06. The van der Waals surface area contributed by atoms with Crippen molar-refractivity contribution < 1.29 is 9.13 Å². The molecule has 0 N–H and O–H groups in total. The van der Waals surface area contributed by atoms with Gasteiger partial charge in [-0.2, -0.15) is 5.26 Å². The molecule has 4 heteroatoms. The summed E-state index contributed by atoms with van der Waals surface area (Å²) < 4.78 is 18.5. The third-order valence-electron chi connectivity index (χ3n) is 1.95. The fraction of sp³-hybridized carbons (Fsp3) is 0. The van der Waals surface area contributed by atoms with Gasteiger partial charge in [0.15, 0.2) is 11.6 Å². The lowest BCUT2D eigenvalue weighted by atomic mass is 10.2. The van der Waals surface area contributed by atoms with Gasteiger partial charge in [0, 0.05) is 0 Å². The lowest BCUT2D eigenvalue weighted by Crippen LogP contribution is -1.93. The Kier molecular flexibility index (Phi) is 2.79. The molecule has 0 spiro atoms. The molecule has 0 aliphatic rings. The molecular formula is C12H7FN2O. The second-order valence-corrected chi connectivity index (χ2v) is 3.02. The minimum atomic E-state index is -0.684. The number of rotatable bonds is 2. The summed E-state index contributed by atoms with van der Waals surface area (Å²) in [4.78, 5) is 3.64. The minimum absolute atomic E-state index is 0.119. The van der Waals surface area contributed by atoms with Crippen LogP contribution in [0.5, 0.6) is 11.5 Å². The molecule has 0 saturated heterocycles. The van der Waals surface area contributed by atoms with Crippen LogP contribution in [0.15, 0.2) is 42.7 Å². The minimum Gasteiger partial charge on any atom is -0.454 e. The van der Waals surface area contributed by atoms with Gasteiger partial charge in [0.2, 0.25) is 0 Å². The molecule has 3 nitrogen and oxygen atoms in total. The smallest absolute Gasteiger partial charge is 0.166 e.